The van der Waals surface area contributed by atoms with Crippen LogP contribution in [0.25, 0.3) is 10.9 Å². The molecule has 0 aliphatic rings. The summed E-state index contributed by atoms with van der Waals surface area (Å²) in [7, 11) is 0. The van der Waals surface area contributed by atoms with Crippen LogP contribution in [0, 0.1) is 6.92 Å². The summed E-state index contributed by atoms with van der Waals surface area (Å²) in [6.45, 7) is 1.88. The predicted octanol–water partition coefficient (Wildman–Crippen LogP) is 3.66. The number of phenolic OH excluding ortho intramolecular Hbond substituents is 1. The van der Waals surface area contributed by atoms with Gasteiger partial charge in [-0.05, 0) is 41.1 Å². The number of benzene rings is 1. The van der Waals surface area contributed by atoms with Gasteiger partial charge in [0.1, 0.15) is 5.75 Å². The molecule has 0 unspecified atom stereocenters. The smallest absolute Gasteiger partial charge is 0.130 e. The molecule has 14 heavy (non-hydrogen) atoms. The van der Waals surface area contributed by atoms with Gasteiger partial charge in [-0.15, -0.1) is 0 Å². The van der Waals surface area contributed by atoms with E-state index in [0.29, 0.717) is 9.50 Å². The average molecular weight is 273 g/mol. The molecule has 1 heterocycles. The van der Waals surface area contributed by atoms with E-state index in [1.807, 2.05) is 6.92 Å². The average Bonchev–Trinajstić information content (AvgIpc) is 2.10. The third-order valence-corrected chi connectivity index (χ3v) is 3.07. The van der Waals surface area contributed by atoms with Crippen LogP contribution in [0.1, 0.15) is 5.69 Å². The standard InChI is InChI=1S/C10H7BrClNO/c1-5-4-6(12)9-7(13-5)2-3-8(14)10(9)11/h2-4,14H,1H3. The van der Waals surface area contributed by atoms with Crippen molar-refractivity contribution in [1.29, 1.82) is 0 Å². The molecule has 0 saturated carbocycles. The lowest BCUT2D eigenvalue weighted by molar-refractivity contribution is 0.473. The number of phenols is 1. The second kappa shape index (κ2) is 3.41. The molecule has 0 bridgehead atoms. The van der Waals surface area contributed by atoms with Crippen LogP contribution in [0.15, 0.2) is 22.7 Å². The molecular formula is C10H7BrClNO. The fourth-order valence-corrected chi connectivity index (χ4v) is 2.37. The fraction of sp³-hybridized carbons (Fsp3) is 0.100. The minimum atomic E-state index is 0.171. The summed E-state index contributed by atoms with van der Waals surface area (Å²) < 4.78 is 0.590. The van der Waals surface area contributed by atoms with Gasteiger partial charge in [0, 0.05) is 11.1 Å². The van der Waals surface area contributed by atoms with Crippen LogP contribution in [0.2, 0.25) is 5.02 Å². The van der Waals surface area contributed by atoms with E-state index in [9.17, 15) is 5.11 Å². The van der Waals surface area contributed by atoms with Gasteiger partial charge in [-0.3, -0.25) is 4.98 Å². The molecule has 0 aliphatic carbocycles. The van der Waals surface area contributed by atoms with Gasteiger partial charge in [-0.2, -0.15) is 0 Å². The molecule has 0 atom stereocenters. The normalized spacial score (nSPS) is 10.8. The lowest BCUT2D eigenvalue weighted by Crippen LogP contribution is -1.85. The second-order valence-corrected chi connectivity index (χ2v) is 4.24. The molecule has 0 amide bonds. The Morgan fingerprint density at radius 1 is 1.43 bits per heavy atom. The van der Waals surface area contributed by atoms with Crippen LogP contribution in [0.4, 0.5) is 0 Å². The number of pyridine rings is 1. The van der Waals surface area contributed by atoms with Crippen molar-refractivity contribution in [3.8, 4) is 5.75 Å². The molecule has 0 fully saturated rings. The van der Waals surface area contributed by atoms with Crippen LogP contribution >= 0.6 is 27.5 Å². The topological polar surface area (TPSA) is 33.1 Å². The van der Waals surface area contributed by atoms with Crippen molar-refractivity contribution in [3.63, 3.8) is 0 Å². The summed E-state index contributed by atoms with van der Waals surface area (Å²) in [5.41, 5.74) is 1.64. The van der Waals surface area contributed by atoms with Crippen LogP contribution in [-0.2, 0) is 0 Å². The first-order valence-corrected chi connectivity index (χ1v) is 5.21. The number of halogens is 2. The van der Waals surface area contributed by atoms with Gasteiger partial charge in [0.15, 0.2) is 0 Å². The molecule has 72 valence electrons. The van der Waals surface area contributed by atoms with E-state index in [1.165, 1.54) is 0 Å². The number of hydrogen-bond donors (Lipinski definition) is 1. The zero-order valence-corrected chi connectivity index (χ0v) is 9.72. The van der Waals surface area contributed by atoms with Crippen molar-refractivity contribution in [2.45, 2.75) is 6.92 Å². The number of fused-ring (bicyclic) bond motifs is 1. The minimum absolute atomic E-state index is 0.171. The molecule has 0 spiro atoms. The lowest BCUT2D eigenvalue weighted by atomic mass is 10.2. The molecule has 4 heteroatoms. The Bertz CT molecular complexity index is 513. The Kier molecular flexibility index (Phi) is 2.37. The van der Waals surface area contributed by atoms with Crippen molar-refractivity contribution in [3.05, 3.63) is 33.4 Å². The molecule has 0 radical (unpaired) electrons. The molecule has 2 rings (SSSR count). The highest BCUT2D eigenvalue weighted by molar-refractivity contribution is 9.10. The van der Waals surface area contributed by atoms with Crippen molar-refractivity contribution < 1.29 is 5.11 Å². The highest BCUT2D eigenvalue weighted by Crippen LogP contribution is 2.35. The first-order valence-electron chi connectivity index (χ1n) is 4.04. The number of rotatable bonds is 0. The van der Waals surface area contributed by atoms with E-state index in [-0.39, 0.29) is 5.75 Å². The Morgan fingerprint density at radius 2 is 2.14 bits per heavy atom. The maximum absolute atomic E-state index is 9.48. The highest BCUT2D eigenvalue weighted by atomic mass is 79.9. The van der Waals surface area contributed by atoms with Crippen LogP contribution < -0.4 is 0 Å². The first-order chi connectivity index (χ1) is 6.59. The Hall–Kier alpha value is -0.800. The molecule has 1 aromatic carbocycles. The zero-order valence-electron chi connectivity index (χ0n) is 7.38. The third-order valence-electron chi connectivity index (χ3n) is 1.97. The van der Waals surface area contributed by atoms with E-state index >= 15 is 0 Å². The maximum atomic E-state index is 9.48. The maximum Gasteiger partial charge on any atom is 0.130 e. The number of aryl methyl sites for hydroxylation is 1. The quantitative estimate of drug-likeness (QED) is 0.794. The predicted molar refractivity (Wildman–Crippen MR) is 60.9 cm³/mol. The molecule has 2 nitrogen and oxygen atoms in total. The first kappa shape index (κ1) is 9.74. The Balaban J connectivity index is 2.95. The summed E-state index contributed by atoms with van der Waals surface area (Å²) in [5, 5.41) is 10.8. The highest BCUT2D eigenvalue weighted by Gasteiger charge is 2.09. The monoisotopic (exact) mass is 271 g/mol. The van der Waals surface area contributed by atoms with Gasteiger partial charge in [0.2, 0.25) is 0 Å². The van der Waals surface area contributed by atoms with E-state index in [0.717, 1.165) is 16.6 Å². The van der Waals surface area contributed by atoms with Gasteiger partial charge in [-0.25, -0.2) is 0 Å². The molecule has 0 aliphatic heterocycles. The van der Waals surface area contributed by atoms with Gasteiger partial charge in [0.25, 0.3) is 0 Å². The summed E-state index contributed by atoms with van der Waals surface area (Å²) in [4.78, 5) is 4.31. The minimum Gasteiger partial charge on any atom is -0.507 e. The fourth-order valence-electron chi connectivity index (χ4n) is 1.35. The molecule has 2 aromatic rings. The van der Waals surface area contributed by atoms with E-state index in [2.05, 4.69) is 20.9 Å². The third kappa shape index (κ3) is 1.47. The molecule has 1 aromatic heterocycles. The van der Waals surface area contributed by atoms with Gasteiger partial charge < -0.3 is 5.11 Å². The van der Waals surface area contributed by atoms with Crippen LogP contribution in [-0.4, -0.2) is 10.1 Å². The second-order valence-electron chi connectivity index (χ2n) is 3.04. The van der Waals surface area contributed by atoms with Crippen molar-refractivity contribution in [2.24, 2.45) is 0 Å². The van der Waals surface area contributed by atoms with Crippen molar-refractivity contribution in [1.82, 2.24) is 4.98 Å². The number of aromatic nitrogens is 1. The van der Waals surface area contributed by atoms with E-state index in [4.69, 9.17) is 11.6 Å². The summed E-state index contributed by atoms with van der Waals surface area (Å²) in [6.07, 6.45) is 0. The lowest BCUT2D eigenvalue weighted by Gasteiger charge is -2.05. The molecule has 0 saturated heterocycles. The van der Waals surface area contributed by atoms with E-state index in [1.54, 1.807) is 18.2 Å². The van der Waals surface area contributed by atoms with Crippen LogP contribution in [0.3, 0.4) is 0 Å². The van der Waals surface area contributed by atoms with Crippen molar-refractivity contribution >= 4 is 38.4 Å². The summed E-state index contributed by atoms with van der Waals surface area (Å²) in [6, 6.07) is 5.11. The van der Waals surface area contributed by atoms with Gasteiger partial charge in [0.05, 0.1) is 15.0 Å². The van der Waals surface area contributed by atoms with Crippen LogP contribution in [0.5, 0.6) is 5.75 Å². The number of nitrogens with zero attached hydrogens (tertiary/aromatic N) is 1. The molecular weight excluding hydrogens is 265 g/mol. The number of hydrogen-bond acceptors (Lipinski definition) is 2. The summed E-state index contributed by atoms with van der Waals surface area (Å²) in [5.74, 6) is 0.171. The number of aromatic hydroxyl groups is 1. The van der Waals surface area contributed by atoms with E-state index < -0.39 is 0 Å². The summed E-state index contributed by atoms with van der Waals surface area (Å²) >= 11 is 9.34. The molecule has 1 N–H and O–H groups in total. The Morgan fingerprint density at radius 3 is 2.86 bits per heavy atom. The van der Waals surface area contributed by atoms with Gasteiger partial charge >= 0.3 is 0 Å². The van der Waals surface area contributed by atoms with Crippen molar-refractivity contribution in [2.75, 3.05) is 0 Å². The largest absolute Gasteiger partial charge is 0.507 e. The van der Waals surface area contributed by atoms with Gasteiger partial charge in [-0.1, -0.05) is 11.6 Å². The zero-order chi connectivity index (χ0) is 10.3. The Labute approximate surface area is 94.7 Å². The SMILES string of the molecule is Cc1cc(Cl)c2c(Br)c(O)ccc2n1.